The number of nitrogens with one attached hydrogen (secondary N) is 1. The zero-order valence-corrected chi connectivity index (χ0v) is 16.2. The van der Waals surface area contributed by atoms with E-state index in [1.165, 1.54) is 7.11 Å². The van der Waals surface area contributed by atoms with Crippen molar-refractivity contribution in [3.63, 3.8) is 0 Å². The monoisotopic (exact) mass is 396 g/mol. The van der Waals surface area contributed by atoms with Crippen LogP contribution in [0.2, 0.25) is 5.02 Å². The number of carbonyl (C=O) groups is 1. The molecule has 0 saturated carbocycles. The average Bonchev–Trinajstić information content (AvgIpc) is 2.60. The Morgan fingerprint density at radius 3 is 2.50 bits per heavy atom. The molecule has 0 aliphatic rings. The van der Waals surface area contributed by atoms with E-state index >= 15 is 0 Å². The van der Waals surface area contributed by atoms with Gasteiger partial charge in [0.05, 0.1) is 19.1 Å². The fourth-order valence-electron chi connectivity index (χ4n) is 2.35. The van der Waals surface area contributed by atoms with Gasteiger partial charge in [0, 0.05) is 17.6 Å². The molecule has 26 heavy (non-hydrogen) atoms. The van der Waals surface area contributed by atoms with Gasteiger partial charge in [-0.05, 0) is 36.2 Å². The van der Waals surface area contributed by atoms with Crippen LogP contribution in [-0.4, -0.2) is 40.8 Å². The summed E-state index contributed by atoms with van der Waals surface area (Å²) in [5.74, 6) is 0.131. The van der Waals surface area contributed by atoms with Crippen LogP contribution in [0, 0.1) is 0 Å². The van der Waals surface area contributed by atoms with Crippen LogP contribution in [-0.2, 0) is 21.2 Å². The smallest absolute Gasteiger partial charge is 0.240 e. The van der Waals surface area contributed by atoms with Crippen molar-refractivity contribution < 1.29 is 17.9 Å². The van der Waals surface area contributed by atoms with Crippen molar-refractivity contribution in [2.45, 2.75) is 6.42 Å². The number of halogens is 1. The predicted molar refractivity (Wildman–Crippen MR) is 103 cm³/mol. The Morgan fingerprint density at radius 1 is 1.19 bits per heavy atom. The van der Waals surface area contributed by atoms with Crippen LogP contribution < -0.4 is 14.4 Å². The van der Waals surface area contributed by atoms with Crippen molar-refractivity contribution in [1.29, 1.82) is 0 Å². The molecule has 0 saturated heterocycles. The normalized spacial score (nSPS) is 11.0. The Balaban J connectivity index is 1.99. The van der Waals surface area contributed by atoms with Gasteiger partial charge < -0.3 is 10.1 Å². The molecule has 0 spiro atoms. The van der Waals surface area contributed by atoms with E-state index in [1.54, 1.807) is 36.4 Å². The largest absolute Gasteiger partial charge is 0.497 e. The van der Waals surface area contributed by atoms with Crippen molar-refractivity contribution in [2.24, 2.45) is 0 Å². The molecule has 2 aromatic rings. The van der Waals surface area contributed by atoms with Gasteiger partial charge >= 0.3 is 0 Å². The van der Waals surface area contributed by atoms with Crippen molar-refractivity contribution in [1.82, 2.24) is 5.32 Å². The van der Waals surface area contributed by atoms with E-state index in [-0.39, 0.29) is 12.5 Å². The molecule has 0 radical (unpaired) electrons. The summed E-state index contributed by atoms with van der Waals surface area (Å²) in [5.41, 5.74) is 1.40. The highest BCUT2D eigenvalue weighted by atomic mass is 35.5. The minimum absolute atomic E-state index is 0.299. The molecule has 2 aromatic carbocycles. The Bertz CT molecular complexity index is 854. The maximum Gasteiger partial charge on any atom is 0.240 e. The highest BCUT2D eigenvalue weighted by Gasteiger charge is 2.21. The lowest BCUT2D eigenvalue weighted by atomic mass is 10.1. The van der Waals surface area contributed by atoms with Gasteiger partial charge in [0.1, 0.15) is 12.3 Å². The molecule has 8 heteroatoms. The molecule has 6 nitrogen and oxygen atoms in total. The van der Waals surface area contributed by atoms with Gasteiger partial charge in [0.15, 0.2) is 0 Å². The van der Waals surface area contributed by atoms with Crippen molar-refractivity contribution in [3.05, 3.63) is 59.1 Å². The minimum Gasteiger partial charge on any atom is -0.497 e. The summed E-state index contributed by atoms with van der Waals surface area (Å²) in [6.45, 7) is 0.1000. The highest BCUT2D eigenvalue weighted by molar-refractivity contribution is 7.92. The molecule has 1 N–H and O–H groups in total. The van der Waals surface area contributed by atoms with Crippen LogP contribution in [0.15, 0.2) is 48.5 Å². The first kappa shape index (κ1) is 20.1. The summed E-state index contributed by atoms with van der Waals surface area (Å²) in [6, 6.07) is 13.9. The number of hydrogen-bond acceptors (Lipinski definition) is 4. The third-order valence-corrected chi connectivity index (χ3v) is 5.07. The molecule has 0 unspecified atom stereocenters. The summed E-state index contributed by atoms with van der Waals surface area (Å²) >= 11 is 5.83. The number of ether oxygens (including phenoxy) is 1. The molecule has 2 rings (SSSR count). The van der Waals surface area contributed by atoms with E-state index in [9.17, 15) is 13.2 Å². The van der Waals surface area contributed by atoms with Gasteiger partial charge in [-0.25, -0.2) is 8.42 Å². The van der Waals surface area contributed by atoms with E-state index in [0.29, 0.717) is 29.4 Å². The van der Waals surface area contributed by atoms with E-state index < -0.39 is 10.0 Å². The minimum atomic E-state index is -3.62. The molecule has 140 valence electrons. The van der Waals surface area contributed by atoms with Crippen LogP contribution in [0.1, 0.15) is 5.56 Å². The van der Waals surface area contributed by atoms with Gasteiger partial charge in [0.2, 0.25) is 15.9 Å². The highest BCUT2D eigenvalue weighted by Crippen LogP contribution is 2.22. The number of amides is 1. The number of sulfonamides is 1. The topological polar surface area (TPSA) is 75.7 Å². The summed E-state index contributed by atoms with van der Waals surface area (Å²) in [6.07, 6.45) is 1.69. The van der Waals surface area contributed by atoms with Crippen LogP contribution in [0.4, 0.5) is 5.69 Å². The predicted octanol–water partition coefficient (Wildman–Crippen LogP) is 2.47. The quantitative estimate of drug-likeness (QED) is 0.743. The van der Waals surface area contributed by atoms with Crippen molar-refractivity contribution in [3.8, 4) is 5.75 Å². The molecule has 0 fully saturated rings. The summed E-state index contributed by atoms with van der Waals surface area (Å²) in [7, 11) is -2.12. The number of hydrogen-bond donors (Lipinski definition) is 1. The van der Waals surface area contributed by atoms with Gasteiger partial charge in [-0.3, -0.25) is 9.10 Å². The second kappa shape index (κ2) is 8.91. The van der Waals surface area contributed by atoms with Gasteiger partial charge in [-0.15, -0.1) is 0 Å². The molecule has 0 aliphatic heterocycles. The molecule has 0 bridgehead atoms. The fourth-order valence-corrected chi connectivity index (χ4v) is 3.32. The number of anilines is 1. The van der Waals surface area contributed by atoms with E-state index in [2.05, 4.69) is 5.32 Å². The first-order valence-corrected chi connectivity index (χ1v) is 10.1. The number of methoxy groups -OCH3 is 1. The Hall–Kier alpha value is -2.25. The lowest BCUT2D eigenvalue weighted by Gasteiger charge is -2.22. The maximum atomic E-state index is 12.2. The molecule has 0 aliphatic carbocycles. The van der Waals surface area contributed by atoms with Crippen LogP contribution in [0.25, 0.3) is 0 Å². The zero-order valence-electron chi connectivity index (χ0n) is 14.6. The first-order valence-electron chi connectivity index (χ1n) is 7.92. The number of carbonyl (C=O) groups excluding carboxylic acids is 1. The summed E-state index contributed by atoms with van der Waals surface area (Å²) < 4.78 is 30.3. The van der Waals surface area contributed by atoms with Crippen LogP contribution in [0.5, 0.6) is 5.75 Å². The van der Waals surface area contributed by atoms with Crippen molar-refractivity contribution >= 4 is 33.2 Å². The van der Waals surface area contributed by atoms with E-state index in [4.69, 9.17) is 16.3 Å². The lowest BCUT2D eigenvalue weighted by Crippen LogP contribution is -2.40. The zero-order chi connectivity index (χ0) is 19.2. The van der Waals surface area contributed by atoms with Gasteiger partial charge in [0.25, 0.3) is 0 Å². The fraction of sp³-hybridized carbons (Fsp3) is 0.278. The van der Waals surface area contributed by atoms with Crippen LogP contribution >= 0.6 is 11.6 Å². The maximum absolute atomic E-state index is 12.2. The van der Waals surface area contributed by atoms with Crippen molar-refractivity contribution in [2.75, 3.05) is 30.8 Å². The molecular weight excluding hydrogens is 376 g/mol. The SMILES string of the molecule is COc1cccc(N(CC(=O)NCCc2ccc(Cl)cc2)S(C)(=O)=O)c1. The van der Waals surface area contributed by atoms with Gasteiger partial charge in [-0.1, -0.05) is 29.8 Å². The number of rotatable bonds is 8. The molecular formula is C18H21ClN2O4S. The Kier molecular flexibility index (Phi) is 6.88. The Labute approximate surface area is 158 Å². The molecule has 0 heterocycles. The molecule has 1 amide bonds. The lowest BCUT2D eigenvalue weighted by molar-refractivity contribution is -0.119. The second-order valence-corrected chi connectivity index (χ2v) is 8.04. The number of nitrogens with zero attached hydrogens (tertiary/aromatic N) is 1. The summed E-state index contributed by atoms with van der Waals surface area (Å²) in [5, 5.41) is 3.39. The molecule has 0 aromatic heterocycles. The van der Waals surface area contributed by atoms with E-state index in [0.717, 1.165) is 16.1 Å². The summed E-state index contributed by atoms with van der Waals surface area (Å²) in [4.78, 5) is 12.2. The number of benzene rings is 2. The van der Waals surface area contributed by atoms with Crippen LogP contribution in [0.3, 0.4) is 0 Å². The standard InChI is InChI=1S/C18H21ClN2O4S/c1-25-17-5-3-4-16(12-17)21(26(2,23)24)13-18(22)20-11-10-14-6-8-15(19)9-7-14/h3-9,12H,10-11,13H2,1-2H3,(H,20,22). The first-order chi connectivity index (χ1) is 12.3. The third kappa shape index (κ3) is 5.93. The Morgan fingerprint density at radius 2 is 1.88 bits per heavy atom. The van der Waals surface area contributed by atoms with E-state index in [1.807, 2.05) is 12.1 Å². The third-order valence-electron chi connectivity index (χ3n) is 3.68. The second-order valence-electron chi connectivity index (χ2n) is 5.70. The average molecular weight is 397 g/mol. The van der Waals surface area contributed by atoms with Gasteiger partial charge in [-0.2, -0.15) is 0 Å². The molecule has 0 atom stereocenters.